The van der Waals surface area contributed by atoms with E-state index < -0.39 is 0 Å². The first-order valence-corrected chi connectivity index (χ1v) is 7.81. The maximum Gasteiger partial charge on any atom is 0.244 e. The number of nitrogen functional groups attached to an aromatic ring is 1. The summed E-state index contributed by atoms with van der Waals surface area (Å²) < 4.78 is 5.38. The molecule has 5 nitrogen and oxygen atoms in total. The van der Waals surface area contributed by atoms with Crippen molar-refractivity contribution in [1.29, 1.82) is 0 Å². The van der Waals surface area contributed by atoms with Gasteiger partial charge in [0, 0.05) is 19.2 Å². The molecule has 0 atom stereocenters. The van der Waals surface area contributed by atoms with Crippen LogP contribution in [0.2, 0.25) is 0 Å². The molecule has 5 heteroatoms. The minimum Gasteiger partial charge on any atom is -0.492 e. The number of anilines is 1. The van der Waals surface area contributed by atoms with Gasteiger partial charge in [0.15, 0.2) is 0 Å². The molecule has 122 valence electrons. The molecule has 3 N–H and O–H groups in total. The highest BCUT2D eigenvalue weighted by Crippen LogP contribution is 2.22. The van der Waals surface area contributed by atoms with E-state index in [0.717, 1.165) is 25.2 Å². The number of benzene rings is 1. The average molecular weight is 305 g/mol. The zero-order chi connectivity index (χ0) is 16.4. The first kappa shape index (κ1) is 18.0. The smallest absolute Gasteiger partial charge is 0.244 e. The predicted octanol–water partition coefficient (Wildman–Crippen LogP) is 2.14. The van der Waals surface area contributed by atoms with Crippen LogP contribution in [0.25, 0.3) is 6.08 Å². The van der Waals surface area contributed by atoms with Crippen LogP contribution in [-0.2, 0) is 4.79 Å². The fraction of sp³-hybridized carbons (Fsp3) is 0.471. The van der Waals surface area contributed by atoms with Crippen LogP contribution in [0.3, 0.4) is 0 Å². The molecular formula is C17H27N3O2. The molecule has 0 aliphatic heterocycles. The molecule has 0 heterocycles. The number of hydrogen-bond donors (Lipinski definition) is 2. The molecule has 0 saturated heterocycles. The van der Waals surface area contributed by atoms with E-state index in [0.29, 0.717) is 24.6 Å². The summed E-state index contributed by atoms with van der Waals surface area (Å²) in [5.74, 6) is 0.572. The number of nitrogens with one attached hydrogen (secondary N) is 1. The molecule has 0 saturated carbocycles. The van der Waals surface area contributed by atoms with Crippen molar-refractivity contribution in [2.45, 2.75) is 20.8 Å². The molecule has 0 aliphatic carbocycles. The van der Waals surface area contributed by atoms with Gasteiger partial charge < -0.3 is 20.7 Å². The molecular weight excluding hydrogens is 278 g/mol. The van der Waals surface area contributed by atoms with Gasteiger partial charge in [-0.15, -0.1) is 0 Å². The van der Waals surface area contributed by atoms with Crippen LogP contribution in [0.5, 0.6) is 5.75 Å². The van der Waals surface area contributed by atoms with Crippen molar-refractivity contribution in [2.24, 2.45) is 0 Å². The van der Waals surface area contributed by atoms with Gasteiger partial charge in [-0.05, 0) is 43.8 Å². The first-order chi connectivity index (χ1) is 10.6. The van der Waals surface area contributed by atoms with Crippen molar-refractivity contribution in [3.63, 3.8) is 0 Å². The number of carbonyl (C=O) groups is 1. The lowest BCUT2D eigenvalue weighted by atomic mass is 10.1. The summed E-state index contributed by atoms with van der Waals surface area (Å²) in [5, 5.41) is 2.87. The third-order valence-electron chi connectivity index (χ3n) is 3.38. The highest BCUT2D eigenvalue weighted by Gasteiger charge is 2.01. The maximum absolute atomic E-state index is 11.8. The lowest BCUT2D eigenvalue weighted by molar-refractivity contribution is -0.116. The molecule has 1 aromatic rings. The quantitative estimate of drug-likeness (QED) is 0.542. The largest absolute Gasteiger partial charge is 0.492 e. The van der Waals surface area contributed by atoms with E-state index in [1.54, 1.807) is 12.1 Å². The average Bonchev–Trinajstić information content (AvgIpc) is 2.52. The summed E-state index contributed by atoms with van der Waals surface area (Å²) in [7, 11) is 0. The lowest BCUT2D eigenvalue weighted by Crippen LogP contribution is -2.34. The van der Waals surface area contributed by atoms with Gasteiger partial charge in [-0.1, -0.05) is 19.9 Å². The second-order valence-corrected chi connectivity index (χ2v) is 4.88. The summed E-state index contributed by atoms with van der Waals surface area (Å²) in [4.78, 5) is 14.0. The number of nitrogens with two attached hydrogens (primary N) is 1. The molecule has 0 radical (unpaired) electrons. The van der Waals surface area contributed by atoms with E-state index in [1.165, 1.54) is 6.08 Å². The van der Waals surface area contributed by atoms with E-state index in [-0.39, 0.29) is 5.91 Å². The number of nitrogens with zero attached hydrogens (tertiary/aromatic N) is 1. The summed E-state index contributed by atoms with van der Waals surface area (Å²) in [6.07, 6.45) is 3.27. The van der Waals surface area contributed by atoms with Gasteiger partial charge >= 0.3 is 0 Å². The number of likely N-dealkylation sites (N-methyl/N-ethyl adjacent to an activating group) is 1. The first-order valence-electron chi connectivity index (χ1n) is 7.81. The van der Waals surface area contributed by atoms with Crippen LogP contribution in [0, 0.1) is 0 Å². The highest BCUT2D eigenvalue weighted by atomic mass is 16.5. The molecule has 1 rings (SSSR count). The second-order valence-electron chi connectivity index (χ2n) is 4.88. The van der Waals surface area contributed by atoms with Gasteiger partial charge in [0.1, 0.15) is 5.75 Å². The Morgan fingerprint density at radius 3 is 2.64 bits per heavy atom. The molecule has 1 aromatic carbocycles. The van der Waals surface area contributed by atoms with E-state index in [4.69, 9.17) is 10.5 Å². The van der Waals surface area contributed by atoms with Gasteiger partial charge in [0.25, 0.3) is 0 Å². The molecule has 0 fully saturated rings. The monoisotopic (exact) mass is 305 g/mol. The van der Waals surface area contributed by atoms with Crippen molar-refractivity contribution in [3.05, 3.63) is 29.8 Å². The Morgan fingerprint density at radius 2 is 2.05 bits per heavy atom. The van der Waals surface area contributed by atoms with Gasteiger partial charge in [-0.3, -0.25) is 4.79 Å². The lowest BCUT2D eigenvalue weighted by Gasteiger charge is -2.17. The second kappa shape index (κ2) is 9.84. The zero-order valence-corrected chi connectivity index (χ0v) is 13.8. The van der Waals surface area contributed by atoms with Gasteiger partial charge in [-0.25, -0.2) is 0 Å². The van der Waals surface area contributed by atoms with Crippen molar-refractivity contribution >= 4 is 17.7 Å². The predicted molar refractivity (Wildman–Crippen MR) is 91.9 cm³/mol. The van der Waals surface area contributed by atoms with Crippen LogP contribution in [0.15, 0.2) is 24.3 Å². The third-order valence-corrected chi connectivity index (χ3v) is 3.38. The number of carbonyl (C=O) groups excluding carboxylic acids is 1. The summed E-state index contributed by atoms with van der Waals surface area (Å²) in [6.45, 7) is 10.2. The van der Waals surface area contributed by atoms with E-state index >= 15 is 0 Å². The fourth-order valence-electron chi connectivity index (χ4n) is 2.07. The normalized spacial score (nSPS) is 11.1. The Balaban J connectivity index is 2.47. The number of rotatable bonds is 9. The molecule has 0 aromatic heterocycles. The zero-order valence-electron chi connectivity index (χ0n) is 13.8. The van der Waals surface area contributed by atoms with Gasteiger partial charge in [0.05, 0.1) is 12.3 Å². The number of ether oxygens (including phenoxy) is 1. The Kier molecular flexibility index (Phi) is 8.07. The highest BCUT2D eigenvalue weighted by molar-refractivity contribution is 5.91. The SMILES string of the molecule is CCOc1ccc(/C=C\C(=O)NCCN(CC)CC)cc1N. The van der Waals surface area contributed by atoms with E-state index in [2.05, 4.69) is 24.1 Å². The summed E-state index contributed by atoms with van der Waals surface area (Å²) >= 11 is 0. The van der Waals surface area contributed by atoms with Crippen molar-refractivity contribution in [3.8, 4) is 5.75 Å². The minimum atomic E-state index is -0.0976. The molecule has 0 spiro atoms. The maximum atomic E-state index is 11.8. The Hall–Kier alpha value is -2.01. The van der Waals surface area contributed by atoms with Gasteiger partial charge in [-0.2, -0.15) is 0 Å². The Labute approximate surface area is 133 Å². The van der Waals surface area contributed by atoms with Crippen molar-refractivity contribution in [2.75, 3.05) is 38.5 Å². The Bertz CT molecular complexity index is 497. The van der Waals surface area contributed by atoms with E-state index in [1.807, 2.05) is 19.1 Å². The summed E-state index contributed by atoms with van der Waals surface area (Å²) in [6, 6.07) is 5.49. The number of hydrogen-bond acceptors (Lipinski definition) is 4. The van der Waals surface area contributed by atoms with Crippen LogP contribution in [0.4, 0.5) is 5.69 Å². The van der Waals surface area contributed by atoms with E-state index in [9.17, 15) is 4.79 Å². The molecule has 1 amide bonds. The molecule has 22 heavy (non-hydrogen) atoms. The number of amides is 1. The molecule has 0 unspecified atom stereocenters. The van der Waals surface area contributed by atoms with Crippen LogP contribution >= 0.6 is 0 Å². The van der Waals surface area contributed by atoms with Crippen LogP contribution in [0.1, 0.15) is 26.3 Å². The minimum absolute atomic E-state index is 0.0976. The van der Waals surface area contributed by atoms with Crippen LogP contribution < -0.4 is 15.8 Å². The fourth-order valence-corrected chi connectivity index (χ4v) is 2.07. The summed E-state index contributed by atoms with van der Waals surface area (Å²) in [5.41, 5.74) is 7.34. The Morgan fingerprint density at radius 1 is 1.32 bits per heavy atom. The standard InChI is InChI=1S/C17H27N3O2/c1-4-20(5-2)12-11-19-17(21)10-8-14-7-9-16(22-6-3)15(18)13-14/h7-10,13H,4-6,11-12,18H2,1-3H3,(H,19,21)/b10-8-. The topological polar surface area (TPSA) is 67.6 Å². The third kappa shape index (κ3) is 6.18. The van der Waals surface area contributed by atoms with Crippen LogP contribution in [-0.4, -0.2) is 43.6 Å². The van der Waals surface area contributed by atoms with Gasteiger partial charge in [0.2, 0.25) is 5.91 Å². The van der Waals surface area contributed by atoms with Crippen molar-refractivity contribution in [1.82, 2.24) is 10.2 Å². The molecule has 0 aliphatic rings. The van der Waals surface area contributed by atoms with Crippen molar-refractivity contribution < 1.29 is 9.53 Å². The molecule has 0 bridgehead atoms.